The van der Waals surface area contributed by atoms with E-state index in [1.165, 1.54) is 5.56 Å². The van der Waals surface area contributed by atoms with Crippen LogP contribution in [0, 0.1) is 0 Å². The maximum Gasteiger partial charge on any atom is 0.336 e. The van der Waals surface area contributed by atoms with Crippen LogP contribution in [0.4, 0.5) is 0 Å². The quantitative estimate of drug-likeness (QED) is 0.651. The first-order chi connectivity index (χ1) is 13.2. The van der Waals surface area contributed by atoms with Crippen molar-refractivity contribution < 1.29 is 9.15 Å². The highest BCUT2D eigenvalue weighted by Crippen LogP contribution is 2.23. The molecule has 0 aliphatic carbocycles. The molecule has 0 bridgehead atoms. The van der Waals surface area contributed by atoms with Gasteiger partial charge in [0.1, 0.15) is 11.3 Å². The van der Waals surface area contributed by atoms with E-state index in [4.69, 9.17) is 9.15 Å². The van der Waals surface area contributed by atoms with Gasteiger partial charge in [-0.1, -0.05) is 30.3 Å². The summed E-state index contributed by atoms with van der Waals surface area (Å²) in [5, 5.41) is 0.974. The highest BCUT2D eigenvalue weighted by atomic mass is 16.5. The van der Waals surface area contributed by atoms with Crippen LogP contribution in [0.2, 0.25) is 0 Å². The minimum absolute atomic E-state index is 0.312. The van der Waals surface area contributed by atoms with Crippen LogP contribution in [0.25, 0.3) is 11.0 Å². The second kappa shape index (κ2) is 7.94. The fourth-order valence-electron chi connectivity index (χ4n) is 3.66. The zero-order valence-corrected chi connectivity index (χ0v) is 15.6. The molecule has 0 spiro atoms. The van der Waals surface area contributed by atoms with Gasteiger partial charge in [-0.25, -0.2) is 4.79 Å². The average molecular weight is 364 g/mol. The molecule has 4 rings (SSSR count). The maximum absolute atomic E-state index is 12.0. The van der Waals surface area contributed by atoms with Crippen LogP contribution in [0.15, 0.2) is 63.8 Å². The summed E-state index contributed by atoms with van der Waals surface area (Å²) in [4.78, 5) is 16.8. The molecule has 0 radical (unpaired) electrons. The van der Waals surface area contributed by atoms with Crippen LogP contribution in [0.5, 0.6) is 5.75 Å². The van der Waals surface area contributed by atoms with Crippen LogP contribution in [0.3, 0.4) is 0 Å². The second-order valence-electron chi connectivity index (χ2n) is 6.99. The number of methoxy groups -OCH3 is 1. The number of hydrogen-bond acceptors (Lipinski definition) is 5. The molecule has 140 valence electrons. The van der Waals surface area contributed by atoms with E-state index < -0.39 is 0 Å². The van der Waals surface area contributed by atoms with Crippen molar-refractivity contribution in [2.24, 2.45) is 0 Å². The van der Waals surface area contributed by atoms with Crippen molar-refractivity contribution in [2.45, 2.75) is 13.1 Å². The SMILES string of the molecule is COc1ccc2c(CN3CCN(Cc4ccccc4)CC3)cc(=O)oc2c1. The van der Waals surface area contributed by atoms with Gasteiger partial charge < -0.3 is 9.15 Å². The molecule has 0 unspecified atom stereocenters. The predicted octanol–water partition coefficient (Wildman–Crippen LogP) is 3.12. The molecule has 3 aromatic rings. The Morgan fingerprint density at radius 2 is 1.63 bits per heavy atom. The Hall–Kier alpha value is -2.63. The standard InChI is InChI=1S/C22H24N2O3/c1-26-19-7-8-20-18(13-22(25)27-21(20)14-19)16-24-11-9-23(10-12-24)15-17-5-3-2-4-6-17/h2-8,13-14H,9-12,15-16H2,1H3. The van der Waals surface area contributed by atoms with Crippen molar-refractivity contribution in [2.75, 3.05) is 33.3 Å². The van der Waals surface area contributed by atoms with Crippen molar-refractivity contribution in [3.8, 4) is 5.75 Å². The summed E-state index contributed by atoms with van der Waals surface area (Å²) < 4.78 is 10.6. The summed E-state index contributed by atoms with van der Waals surface area (Å²) in [7, 11) is 1.61. The minimum Gasteiger partial charge on any atom is -0.497 e. The largest absolute Gasteiger partial charge is 0.497 e. The van der Waals surface area contributed by atoms with Gasteiger partial charge in [0, 0.05) is 56.8 Å². The van der Waals surface area contributed by atoms with Gasteiger partial charge in [0.15, 0.2) is 0 Å². The Kier molecular flexibility index (Phi) is 5.23. The molecule has 5 nitrogen and oxygen atoms in total. The van der Waals surface area contributed by atoms with Gasteiger partial charge in [-0.3, -0.25) is 9.80 Å². The van der Waals surface area contributed by atoms with E-state index in [2.05, 4.69) is 40.1 Å². The van der Waals surface area contributed by atoms with Crippen LogP contribution in [-0.2, 0) is 13.1 Å². The van der Waals surface area contributed by atoms with E-state index in [-0.39, 0.29) is 5.63 Å². The maximum atomic E-state index is 12.0. The Bertz CT molecular complexity index is 960. The fourth-order valence-corrected chi connectivity index (χ4v) is 3.66. The highest BCUT2D eigenvalue weighted by Gasteiger charge is 2.18. The summed E-state index contributed by atoms with van der Waals surface area (Å²) in [5.74, 6) is 0.692. The van der Waals surface area contributed by atoms with E-state index in [1.807, 2.05) is 12.1 Å². The number of rotatable bonds is 5. The molecular weight excluding hydrogens is 340 g/mol. The number of piperazine rings is 1. The Morgan fingerprint density at radius 3 is 2.33 bits per heavy atom. The summed E-state index contributed by atoms with van der Waals surface area (Å²) in [6.07, 6.45) is 0. The predicted molar refractivity (Wildman–Crippen MR) is 106 cm³/mol. The highest BCUT2D eigenvalue weighted by molar-refractivity contribution is 5.81. The van der Waals surface area contributed by atoms with E-state index in [1.54, 1.807) is 19.2 Å². The zero-order chi connectivity index (χ0) is 18.6. The monoisotopic (exact) mass is 364 g/mol. The first-order valence-electron chi connectivity index (χ1n) is 9.31. The van der Waals surface area contributed by atoms with E-state index in [9.17, 15) is 4.79 Å². The van der Waals surface area contributed by atoms with Crippen molar-refractivity contribution in [1.29, 1.82) is 0 Å². The van der Waals surface area contributed by atoms with Crippen LogP contribution in [-0.4, -0.2) is 43.1 Å². The lowest BCUT2D eigenvalue weighted by Gasteiger charge is -2.34. The number of nitrogens with zero attached hydrogens (tertiary/aromatic N) is 2. The number of fused-ring (bicyclic) bond motifs is 1. The summed E-state index contributed by atoms with van der Waals surface area (Å²) in [6, 6.07) is 17.9. The topological polar surface area (TPSA) is 45.9 Å². The third kappa shape index (κ3) is 4.21. The molecule has 2 heterocycles. The average Bonchev–Trinajstić information content (AvgIpc) is 2.69. The second-order valence-corrected chi connectivity index (χ2v) is 6.99. The summed E-state index contributed by atoms with van der Waals surface area (Å²) in [5.41, 5.74) is 2.64. The first kappa shape index (κ1) is 17.8. The molecule has 1 aromatic heterocycles. The van der Waals surface area contributed by atoms with E-state index >= 15 is 0 Å². The van der Waals surface area contributed by atoms with Crippen LogP contribution >= 0.6 is 0 Å². The van der Waals surface area contributed by atoms with Gasteiger partial charge in [-0.05, 0) is 23.3 Å². The van der Waals surface area contributed by atoms with Crippen molar-refractivity contribution in [3.63, 3.8) is 0 Å². The number of ether oxygens (including phenoxy) is 1. The van der Waals surface area contributed by atoms with Gasteiger partial charge >= 0.3 is 5.63 Å². The molecule has 1 aliphatic heterocycles. The third-order valence-electron chi connectivity index (χ3n) is 5.15. The van der Waals surface area contributed by atoms with Crippen molar-refractivity contribution >= 4 is 11.0 Å². The molecule has 0 atom stereocenters. The lowest BCUT2D eigenvalue weighted by Crippen LogP contribution is -2.45. The Balaban J connectivity index is 1.44. The lowest BCUT2D eigenvalue weighted by molar-refractivity contribution is 0.122. The first-order valence-corrected chi connectivity index (χ1v) is 9.31. The molecule has 27 heavy (non-hydrogen) atoms. The Labute approximate surface area is 158 Å². The van der Waals surface area contributed by atoms with Crippen molar-refractivity contribution in [1.82, 2.24) is 9.80 Å². The smallest absolute Gasteiger partial charge is 0.336 e. The zero-order valence-electron chi connectivity index (χ0n) is 15.6. The molecule has 5 heteroatoms. The molecule has 0 N–H and O–H groups in total. The normalized spacial score (nSPS) is 15.9. The van der Waals surface area contributed by atoms with Gasteiger partial charge in [0.2, 0.25) is 0 Å². The van der Waals surface area contributed by atoms with Gasteiger partial charge in [0.05, 0.1) is 7.11 Å². The molecule has 2 aromatic carbocycles. The molecular formula is C22H24N2O3. The summed E-state index contributed by atoms with van der Waals surface area (Å²) >= 11 is 0. The number of benzene rings is 2. The van der Waals surface area contributed by atoms with Crippen LogP contribution < -0.4 is 10.4 Å². The minimum atomic E-state index is -0.312. The van der Waals surface area contributed by atoms with Gasteiger partial charge in [-0.2, -0.15) is 0 Å². The van der Waals surface area contributed by atoms with Gasteiger partial charge in [-0.15, -0.1) is 0 Å². The molecule has 1 saturated heterocycles. The lowest BCUT2D eigenvalue weighted by atomic mass is 10.1. The van der Waals surface area contributed by atoms with Gasteiger partial charge in [0.25, 0.3) is 0 Å². The molecule has 1 aliphatic rings. The molecule has 1 fully saturated rings. The third-order valence-corrected chi connectivity index (χ3v) is 5.15. The molecule has 0 saturated carbocycles. The van der Waals surface area contributed by atoms with Crippen molar-refractivity contribution in [3.05, 3.63) is 76.1 Å². The number of hydrogen-bond donors (Lipinski definition) is 0. The summed E-state index contributed by atoms with van der Waals surface area (Å²) in [6.45, 7) is 5.79. The van der Waals surface area contributed by atoms with Crippen LogP contribution in [0.1, 0.15) is 11.1 Å². The van der Waals surface area contributed by atoms with E-state index in [0.29, 0.717) is 11.3 Å². The fraction of sp³-hybridized carbons (Fsp3) is 0.318. The van der Waals surface area contributed by atoms with E-state index in [0.717, 1.165) is 50.2 Å². The molecule has 0 amide bonds. The Morgan fingerprint density at radius 1 is 0.926 bits per heavy atom.